The van der Waals surface area contributed by atoms with E-state index in [1.807, 2.05) is 19.2 Å². The van der Waals surface area contributed by atoms with Crippen molar-refractivity contribution in [2.75, 3.05) is 58.8 Å². The number of nitrogens with zero attached hydrogens (tertiary/aromatic N) is 4. The number of likely N-dealkylation sites (N-methyl/N-ethyl adjacent to an activating group) is 1. The molecule has 3 heterocycles. The highest BCUT2D eigenvalue weighted by Gasteiger charge is 2.40. The Bertz CT molecular complexity index is 2200. The molecule has 2 fully saturated rings. The first-order chi connectivity index (χ1) is 29.5. The summed E-state index contributed by atoms with van der Waals surface area (Å²) in [6.45, 7) is 10.3. The van der Waals surface area contributed by atoms with Crippen LogP contribution in [-0.2, 0) is 29.1 Å². The minimum Gasteiger partial charge on any atom is -0.508 e. The van der Waals surface area contributed by atoms with Crippen LogP contribution in [0.5, 0.6) is 5.75 Å². The number of anilines is 1. The number of aldehydes is 3. The van der Waals surface area contributed by atoms with Gasteiger partial charge in [0.25, 0.3) is 5.91 Å². The van der Waals surface area contributed by atoms with Crippen molar-refractivity contribution in [2.24, 2.45) is 5.41 Å². The van der Waals surface area contributed by atoms with E-state index in [1.165, 1.54) is 52.1 Å². The Morgan fingerprint density at radius 3 is 2.30 bits per heavy atom. The predicted octanol–water partition coefficient (Wildman–Crippen LogP) is 7.34. The number of fused-ring (bicyclic) bond motifs is 2. The van der Waals surface area contributed by atoms with Gasteiger partial charge in [-0.1, -0.05) is 55.1 Å². The lowest BCUT2D eigenvalue weighted by Crippen LogP contribution is -2.41. The molecule has 0 bridgehead atoms. The van der Waals surface area contributed by atoms with Crippen LogP contribution in [0.2, 0.25) is 0 Å². The molecule has 1 amide bonds. The van der Waals surface area contributed by atoms with Gasteiger partial charge < -0.3 is 29.8 Å². The number of amides is 1. The van der Waals surface area contributed by atoms with Crippen LogP contribution in [0.25, 0.3) is 0 Å². The number of phenolic OH excluding ortho intramolecular Hbond substituents is 1. The van der Waals surface area contributed by atoms with Crippen LogP contribution in [0, 0.1) is 5.41 Å². The molecular formula is C51H61N5O5. The molecule has 0 saturated carbocycles. The first-order valence-corrected chi connectivity index (χ1v) is 21.8. The molecule has 0 radical (unpaired) electrons. The Morgan fingerprint density at radius 2 is 1.62 bits per heavy atom. The molecule has 1 spiro atoms. The standard InChI is InChI=1S/C32H36N2O2.C19H25N3O3/c35-21-20-33-17-14-32(23-33)15-18-34(19-16-32)27-9-6-25(7-10-27)31-29(24-4-2-1-3-5-24)12-8-26-22-28(36)11-13-30(26)31;1-13(20-2)5-6-17(12-24)22(4)19(25)18-8-15-10-21(3)9-14(15)7-16(18)11-23/h1-7,9-11,13,21-22,29,31,36H,8,12,14-20,23H2;7-8,11-12,17,20H,1,5-6,9-10H2,2-4H3. The third kappa shape index (κ3) is 9.82. The number of likely N-dealkylation sites (tertiary alicyclic amines) is 1. The normalized spacial score (nSPS) is 19.8. The van der Waals surface area contributed by atoms with Gasteiger partial charge in [-0.25, -0.2) is 0 Å². The average molecular weight is 824 g/mol. The van der Waals surface area contributed by atoms with E-state index >= 15 is 0 Å². The van der Waals surface area contributed by atoms with Gasteiger partial charge in [-0.3, -0.25) is 19.4 Å². The molecule has 4 aromatic carbocycles. The molecule has 3 aliphatic heterocycles. The number of carbonyl (C=O) groups excluding carboxylic acids is 4. The zero-order valence-corrected chi connectivity index (χ0v) is 36.0. The van der Waals surface area contributed by atoms with Crippen molar-refractivity contribution in [1.29, 1.82) is 0 Å². The van der Waals surface area contributed by atoms with Crippen molar-refractivity contribution in [3.63, 3.8) is 0 Å². The fourth-order valence-corrected chi connectivity index (χ4v) is 10.2. The SMILES string of the molecule is C=C(CCC(C=O)N(C)C(=O)c1cc2c(cc1C=O)CN(C)C2)NC.O=CCN1CCC2(CCN(c3ccc(C4c5ccc(O)cc5CCC4c4ccccc4)cc3)CC2)C1. The topological polar surface area (TPSA) is 113 Å². The largest absolute Gasteiger partial charge is 0.508 e. The predicted molar refractivity (Wildman–Crippen MR) is 241 cm³/mol. The van der Waals surface area contributed by atoms with Gasteiger partial charge in [0.05, 0.1) is 18.2 Å². The first-order valence-electron chi connectivity index (χ1n) is 21.8. The average Bonchev–Trinajstić information content (AvgIpc) is 3.86. The van der Waals surface area contributed by atoms with E-state index in [0.717, 1.165) is 81.5 Å². The van der Waals surface area contributed by atoms with Gasteiger partial charge in [0.2, 0.25) is 0 Å². The minimum atomic E-state index is -0.562. The molecular weight excluding hydrogens is 763 g/mol. The van der Waals surface area contributed by atoms with Gasteiger partial charge in [0.1, 0.15) is 18.3 Å². The van der Waals surface area contributed by atoms with Gasteiger partial charge in [-0.05, 0) is 140 Å². The highest BCUT2D eigenvalue weighted by molar-refractivity contribution is 6.02. The summed E-state index contributed by atoms with van der Waals surface area (Å²) < 4.78 is 0. The molecule has 320 valence electrons. The maximum Gasteiger partial charge on any atom is 0.254 e. The number of hydrogen-bond acceptors (Lipinski definition) is 9. The third-order valence-electron chi connectivity index (χ3n) is 13.8. The van der Waals surface area contributed by atoms with Crippen molar-refractivity contribution in [2.45, 2.75) is 75.9 Å². The molecule has 3 atom stereocenters. The molecule has 10 nitrogen and oxygen atoms in total. The second-order valence-electron chi connectivity index (χ2n) is 17.7. The van der Waals surface area contributed by atoms with Gasteiger partial charge in [0, 0.05) is 69.7 Å². The number of phenols is 1. The molecule has 4 aliphatic rings. The summed E-state index contributed by atoms with van der Waals surface area (Å²) in [7, 11) is 5.35. The number of aryl methyl sites for hydroxylation is 1. The lowest BCUT2D eigenvalue weighted by Gasteiger charge is -2.40. The number of carbonyl (C=O) groups is 4. The van der Waals surface area contributed by atoms with E-state index in [0.29, 0.717) is 53.9 Å². The fraction of sp³-hybridized carbons (Fsp3) is 0.412. The van der Waals surface area contributed by atoms with Crippen LogP contribution >= 0.6 is 0 Å². The second-order valence-corrected chi connectivity index (χ2v) is 17.7. The van der Waals surface area contributed by atoms with Gasteiger partial charge >= 0.3 is 0 Å². The highest BCUT2D eigenvalue weighted by Crippen LogP contribution is 2.47. The zero-order chi connectivity index (χ0) is 43.1. The molecule has 0 aromatic heterocycles. The molecule has 8 rings (SSSR count). The van der Waals surface area contributed by atoms with Crippen LogP contribution in [0.3, 0.4) is 0 Å². The second kappa shape index (κ2) is 19.4. The van der Waals surface area contributed by atoms with E-state index in [2.05, 4.69) is 87.3 Å². The Hall–Kier alpha value is -5.58. The molecule has 10 heteroatoms. The quantitative estimate of drug-likeness (QED) is 0.134. The molecule has 2 N–H and O–H groups in total. The van der Waals surface area contributed by atoms with E-state index in [4.69, 9.17) is 0 Å². The van der Waals surface area contributed by atoms with E-state index < -0.39 is 6.04 Å². The Kier molecular flexibility index (Phi) is 13.9. The Morgan fingerprint density at radius 1 is 0.918 bits per heavy atom. The summed E-state index contributed by atoms with van der Waals surface area (Å²) in [5.41, 5.74) is 10.7. The van der Waals surface area contributed by atoms with E-state index in [9.17, 15) is 24.3 Å². The maximum atomic E-state index is 12.9. The van der Waals surface area contributed by atoms with Crippen LogP contribution in [0.1, 0.15) is 104 Å². The van der Waals surface area contributed by atoms with E-state index in [1.54, 1.807) is 26.2 Å². The van der Waals surface area contributed by atoms with Gasteiger partial charge in [-0.2, -0.15) is 0 Å². The van der Waals surface area contributed by atoms with Gasteiger partial charge in [0.15, 0.2) is 6.29 Å². The monoisotopic (exact) mass is 823 g/mol. The molecule has 4 aromatic rings. The summed E-state index contributed by atoms with van der Waals surface area (Å²) in [5, 5.41) is 13.0. The maximum absolute atomic E-state index is 12.9. The van der Waals surface area contributed by atoms with Crippen molar-refractivity contribution in [3.8, 4) is 5.75 Å². The number of piperidine rings is 1. The Balaban J connectivity index is 0.000000198. The number of rotatable bonds is 13. The van der Waals surface area contributed by atoms with Crippen molar-refractivity contribution in [1.82, 2.24) is 20.0 Å². The summed E-state index contributed by atoms with van der Waals surface area (Å²) in [5.74, 6) is 0.769. The number of hydrogen-bond donors (Lipinski definition) is 2. The minimum absolute atomic E-state index is 0.290. The van der Waals surface area contributed by atoms with Crippen LogP contribution < -0.4 is 10.2 Å². The van der Waals surface area contributed by atoms with E-state index in [-0.39, 0.29) is 11.8 Å². The lowest BCUT2D eigenvalue weighted by atomic mass is 9.69. The number of aromatic hydroxyl groups is 1. The Labute approximate surface area is 361 Å². The summed E-state index contributed by atoms with van der Waals surface area (Å²) >= 11 is 0. The summed E-state index contributed by atoms with van der Waals surface area (Å²) in [4.78, 5) is 55.1. The number of allylic oxidation sites excluding steroid dienone is 1. The molecule has 3 unspecified atom stereocenters. The number of benzene rings is 4. The molecule has 1 aliphatic carbocycles. The van der Waals surface area contributed by atoms with Crippen molar-refractivity contribution in [3.05, 3.63) is 142 Å². The van der Waals surface area contributed by atoms with Crippen molar-refractivity contribution < 1.29 is 24.3 Å². The summed E-state index contributed by atoms with van der Waals surface area (Å²) in [6.07, 6.45) is 9.32. The van der Waals surface area contributed by atoms with Gasteiger partial charge in [-0.15, -0.1) is 0 Å². The van der Waals surface area contributed by atoms with Crippen LogP contribution in [0.15, 0.2) is 97.2 Å². The first kappa shape index (κ1) is 43.5. The van der Waals surface area contributed by atoms with Crippen LogP contribution in [0.4, 0.5) is 5.69 Å². The smallest absolute Gasteiger partial charge is 0.254 e. The van der Waals surface area contributed by atoms with Crippen molar-refractivity contribution >= 4 is 30.5 Å². The van der Waals surface area contributed by atoms with Crippen LogP contribution in [-0.4, -0.2) is 104 Å². The fourth-order valence-electron chi connectivity index (χ4n) is 10.2. The highest BCUT2D eigenvalue weighted by atomic mass is 16.3. The molecule has 2 saturated heterocycles. The zero-order valence-electron chi connectivity index (χ0n) is 36.0. The lowest BCUT2D eigenvalue weighted by molar-refractivity contribution is -0.111. The summed E-state index contributed by atoms with van der Waals surface area (Å²) in [6, 6.07) is 29.2. The number of nitrogens with one attached hydrogen (secondary N) is 1. The molecule has 61 heavy (non-hydrogen) atoms. The third-order valence-corrected chi connectivity index (χ3v) is 13.8.